The Bertz CT molecular complexity index is 535. The van der Waals surface area contributed by atoms with Crippen molar-refractivity contribution in [3.63, 3.8) is 0 Å². The first-order valence-electron chi connectivity index (χ1n) is 6.33. The Morgan fingerprint density at radius 3 is 2.89 bits per heavy atom. The number of amides is 1. The van der Waals surface area contributed by atoms with Gasteiger partial charge < -0.3 is 15.1 Å². The van der Waals surface area contributed by atoms with E-state index in [2.05, 4.69) is 10.2 Å². The summed E-state index contributed by atoms with van der Waals surface area (Å²) in [7, 11) is 1.83. The number of rotatable bonds is 0. The molecule has 0 aliphatic carbocycles. The van der Waals surface area contributed by atoms with Crippen LogP contribution in [0.1, 0.15) is 16.8 Å². The molecule has 0 spiro atoms. The van der Waals surface area contributed by atoms with E-state index in [1.54, 1.807) is 11.0 Å². The highest BCUT2D eigenvalue weighted by Crippen LogP contribution is 2.38. The second-order valence-corrected chi connectivity index (χ2v) is 5.75. The molecule has 6 heteroatoms. The lowest BCUT2D eigenvalue weighted by Crippen LogP contribution is -2.53. The molecule has 19 heavy (non-hydrogen) atoms. The molecular weight excluding hydrogens is 285 g/mol. The summed E-state index contributed by atoms with van der Waals surface area (Å²) in [5.41, 5.74) is 1.42. The zero-order valence-corrected chi connectivity index (χ0v) is 12.1. The van der Waals surface area contributed by atoms with Gasteiger partial charge >= 0.3 is 0 Å². The number of nitrogens with zero attached hydrogens (tertiary/aromatic N) is 2. The molecule has 0 bridgehead atoms. The van der Waals surface area contributed by atoms with Crippen LogP contribution in [0.5, 0.6) is 0 Å². The minimum absolute atomic E-state index is 0.0279. The number of fused-ring (bicyclic) bond motifs is 3. The molecule has 1 aromatic carbocycles. The third-order valence-corrected chi connectivity index (χ3v) is 4.31. The summed E-state index contributed by atoms with van der Waals surface area (Å²) in [4.78, 5) is 16.5. The Morgan fingerprint density at radius 1 is 1.32 bits per heavy atom. The van der Waals surface area contributed by atoms with Crippen molar-refractivity contribution in [3.8, 4) is 0 Å². The molecule has 0 aromatic heterocycles. The first-order valence-corrected chi connectivity index (χ1v) is 7.09. The standard InChI is InChI=1S/C13H15Cl2N3O/c1-17-11-2-3-16-4-5-18(11)10-7-8(14)6-9(15)12(10)13(17)19/h6-7,11,16H,2-5H2,1H3/t11-/m0/s1. The number of halogens is 2. The van der Waals surface area contributed by atoms with Crippen LogP contribution in [0.4, 0.5) is 5.69 Å². The van der Waals surface area contributed by atoms with E-state index in [4.69, 9.17) is 23.2 Å². The van der Waals surface area contributed by atoms with Gasteiger partial charge in [0.1, 0.15) is 6.17 Å². The maximum absolute atomic E-state index is 12.5. The van der Waals surface area contributed by atoms with Gasteiger partial charge in [-0.25, -0.2) is 0 Å². The number of benzene rings is 1. The number of carbonyl (C=O) groups excluding carboxylic acids is 1. The largest absolute Gasteiger partial charge is 0.349 e. The van der Waals surface area contributed by atoms with Crippen molar-refractivity contribution in [2.45, 2.75) is 12.6 Å². The third kappa shape index (κ3) is 2.08. The molecule has 4 nitrogen and oxygen atoms in total. The normalized spacial score (nSPS) is 22.9. The quantitative estimate of drug-likeness (QED) is 0.798. The summed E-state index contributed by atoms with van der Waals surface area (Å²) in [6.07, 6.45) is 0.968. The predicted octanol–water partition coefficient (Wildman–Crippen LogP) is 2.20. The van der Waals surface area contributed by atoms with Crippen LogP contribution in [-0.4, -0.2) is 43.7 Å². The molecule has 2 aliphatic rings. The van der Waals surface area contributed by atoms with E-state index in [9.17, 15) is 4.79 Å². The molecule has 102 valence electrons. The average molecular weight is 300 g/mol. The zero-order valence-electron chi connectivity index (χ0n) is 10.6. The highest BCUT2D eigenvalue weighted by atomic mass is 35.5. The predicted molar refractivity (Wildman–Crippen MR) is 77.2 cm³/mol. The lowest BCUT2D eigenvalue weighted by molar-refractivity contribution is 0.0705. The number of anilines is 1. The minimum atomic E-state index is -0.0279. The van der Waals surface area contributed by atoms with Crippen molar-refractivity contribution in [1.82, 2.24) is 10.2 Å². The van der Waals surface area contributed by atoms with Crippen LogP contribution >= 0.6 is 23.2 Å². The fourth-order valence-electron chi connectivity index (χ4n) is 2.85. The Hall–Kier alpha value is -0.970. The van der Waals surface area contributed by atoms with E-state index in [-0.39, 0.29) is 12.1 Å². The van der Waals surface area contributed by atoms with Crippen molar-refractivity contribution in [1.29, 1.82) is 0 Å². The van der Waals surface area contributed by atoms with E-state index in [1.165, 1.54) is 0 Å². The Kier molecular flexibility index (Phi) is 3.33. The van der Waals surface area contributed by atoms with E-state index >= 15 is 0 Å². The second kappa shape index (κ2) is 4.85. The molecule has 1 fully saturated rings. The second-order valence-electron chi connectivity index (χ2n) is 4.91. The van der Waals surface area contributed by atoms with Crippen molar-refractivity contribution >= 4 is 34.8 Å². The van der Waals surface area contributed by atoms with Gasteiger partial charge in [-0.15, -0.1) is 0 Å². The lowest BCUT2D eigenvalue weighted by atomic mass is 10.0. The zero-order chi connectivity index (χ0) is 13.6. The SMILES string of the molecule is CN1C(=O)c2c(Cl)cc(Cl)cc2N2CCNCC[C@@H]12. The van der Waals surface area contributed by atoms with Crippen molar-refractivity contribution < 1.29 is 4.79 Å². The molecule has 0 saturated carbocycles. The van der Waals surface area contributed by atoms with Gasteiger partial charge in [0, 0.05) is 25.2 Å². The first kappa shape index (κ1) is 13.0. The summed E-state index contributed by atoms with van der Waals surface area (Å²) in [5, 5.41) is 4.35. The average Bonchev–Trinajstić information content (AvgIpc) is 2.60. The van der Waals surface area contributed by atoms with E-state index in [0.29, 0.717) is 15.6 Å². The van der Waals surface area contributed by atoms with Gasteiger partial charge in [-0.2, -0.15) is 0 Å². The van der Waals surface area contributed by atoms with E-state index in [1.807, 2.05) is 13.1 Å². The maximum atomic E-state index is 12.5. The van der Waals surface area contributed by atoms with Crippen LogP contribution in [0.15, 0.2) is 12.1 Å². The van der Waals surface area contributed by atoms with Crippen LogP contribution in [0.3, 0.4) is 0 Å². The van der Waals surface area contributed by atoms with Gasteiger partial charge in [-0.1, -0.05) is 23.2 Å². The molecule has 1 atom stereocenters. The monoisotopic (exact) mass is 299 g/mol. The molecule has 1 amide bonds. The topological polar surface area (TPSA) is 35.6 Å². The molecule has 1 aromatic rings. The summed E-state index contributed by atoms with van der Waals surface area (Å²) < 4.78 is 0. The van der Waals surface area contributed by atoms with Gasteiger partial charge in [0.05, 0.1) is 16.3 Å². The maximum Gasteiger partial charge on any atom is 0.258 e. The number of hydrogen-bond donors (Lipinski definition) is 1. The fraction of sp³-hybridized carbons (Fsp3) is 0.462. The Morgan fingerprint density at radius 2 is 2.11 bits per heavy atom. The van der Waals surface area contributed by atoms with Gasteiger partial charge in [0.25, 0.3) is 5.91 Å². The number of nitrogens with one attached hydrogen (secondary N) is 1. The molecular formula is C13H15Cl2N3O. The van der Waals surface area contributed by atoms with Crippen molar-refractivity contribution in [3.05, 3.63) is 27.7 Å². The molecule has 0 unspecified atom stereocenters. The molecule has 2 heterocycles. The number of carbonyl (C=O) groups is 1. The van der Waals surface area contributed by atoms with Gasteiger partial charge in [-0.05, 0) is 25.1 Å². The highest BCUT2D eigenvalue weighted by Gasteiger charge is 2.37. The van der Waals surface area contributed by atoms with Crippen molar-refractivity contribution in [2.24, 2.45) is 0 Å². The summed E-state index contributed by atoms with van der Waals surface area (Å²) in [5.74, 6) is -0.0279. The first-order chi connectivity index (χ1) is 9.09. The van der Waals surface area contributed by atoms with E-state index in [0.717, 1.165) is 31.7 Å². The molecule has 1 N–H and O–H groups in total. The smallest absolute Gasteiger partial charge is 0.258 e. The molecule has 2 aliphatic heterocycles. The molecule has 3 rings (SSSR count). The third-order valence-electron chi connectivity index (χ3n) is 3.79. The minimum Gasteiger partial charge on any atom is -0.349 e. The van der Waals surface area contributed by atoms with Crippen LogP contribution < -0.4 is 10.2 Å². The molecule has 0 radical (unpaired) electrons. The van der Waals surface area contributed by atoms with Gasteiger partial charge in [0.2, 0.25) is 0 Å². The Labute approximate surface area is 122 Å². The van der Waals surface area contributed by atoms with Crippen LogP contribution in [0.25, 0.3) is 0 Å². The number of hydrogen-bond acceptors (Lipinski definition) is 3. The van der Waals surface area contributed by atoms with Gasteiger partial charge in [-0.3, -0.25) is 4.79 Å². The van der Waals surface area contributed by atoms with Crippen LogP contribution in [0, 0.1) is 0 Å². The Balaban J connectivity index is 2.16. The lowest BCUT2D eigenvalue weighted by Gasteiger charge is -2.43. The fourth-order valence-corrected chi connectivity index (χ4v) is 3.42. The highest BCUT2D eigenvalue weighted by molar-refractivity contribution is 6.38. The van der Waals surface area contributed by atoms with Crippen LogP contribution in [-0.2, 0) is 0 Å². The van der Waals surface area contributed by atoms with Crippen molar-refractivity contribution in [2.75, 3.05) is 31.6 Å². The summed E-state index contributed by atoms with van der Waals surface area (Å²) >= 11 is 12.3. The molecule has 1 saturated heterocycles. The van der Waals surface area contributed by atoms with Gasteiger partial charge in [0.15, 0.2) is 0 Å². The summed E-state index contributed by atoms with van der Waals surface area (Å²) in [6.45, 7) is 2.64. The van der Waals surface area contributed by atoms with Crippen LogP contribution in [0.2, 0.25) is 10.0 Å². The van der Waals surface area contributed by atoms with E-state index < -0.39 is 0 Å². The summed E-state index contributed by atoms with van der Waals surface area (Å²) in [6, 6.07) is 3.47.